The topological polar surface area (TPSA) is 36.0 Å². The van der Waals surface area contributed by atoms with Gasteiger partial charge in [0, 0.05) is 68.6 Å². The Hall–Kier alpha value is -2.58. The van der Waals surface area contributed by atoms with Gasteiger partial charge in [-0.15, -0.1) is 0 Å². The van der Waals surface area contributed by atoms with Crippen molar-refractivity contribution >= 4 is 11.6 Å². The van der Waals surface area contributed by atoms with E-state index in [0.29, 0.717) is 38.3 Å². The van der Waals surface area contributed by atoms with Crippen LogP contribution in [0.4, 0.5) is 18.9 Å². The first-order valence-electron chi connectivity index (χ1n) is 13.7. The molecule has 3 aliphatic heterocycles. The van der Waals surface area contributed by atoms with Crippen LogP contribution in [0.3, 0.4) is 0 Å². The smallest absolute Gasteiger partial charge is 0.227 e. The molecular weight excluding hydrogens is 491 g/mol. The van der Waals surface area contributed by atoms with E-state index in [2.05, 4.69) is 37.5 Å². The maximum Gasteiger partial charge on any atom is 0.227 e. The van der Waals surface area contributed by atoms with Gasteiger partial charge in [0.15, 0.2) is 0 Å². The highest BCUT2D eigenvalue weighted by atomic mass is 19.1. The lowest BCUT2D eigenvalue weighted by Crippen LogP contribution is -2.59. The largest absolute Gasteiger partial charge is 0.375 e. The summed E-state index contributed by atoms with van der Waals surface area (Å²) in [6.45, 7) is 11.1. The fourth-order valence-electron chi connectivity index (χ4n) is 6.87. The average molecular weight is 530 g/mol. The molecule has 3 heterocycles. The van der Waals surface area contributed by atoms with Crippen LogP contribution in [-0.2, 0) is 9.53 Å². The number of anilines is 1. The molecular formula is C30H38F3N3O2. The molecule has 0 radical (unpaired) electrons. The number of hydrogen-bond acceptors (Lipinski definition) is 4. The number of carbonyl (C=O) groups is 1. The molecule has 0 spiro atoms. The molecule has 0 bridgehead atoms. The first-order chi connectivity index (χ1) is 18.0. The van der Waals surface area contributed by atoms with E-state index in [0.717, 1.165) is 24.6 Å². The Bertz CT molecular complexity index is 1150. The molecule has 3 aliphatic rings. The van der Waals surface area contributed by atoms with Gasteiger partial charge in [-0.3, -0.25) is 9.69 Å². The number of carbonyl (C=O) groups excluding carboxylic acids is 1. The summed E-state index contributed by atoms with van der Waals surface area (Å²) < 4.78 is 48.2. The molecule has 0 aromatic heterocycles. The van der Waals surface area contributed by atoms with Crippen molar-refractivity contribution in [2.45, 2.75) is 70.2 Å². The summed E-state index contributed by atoms with van der Waals surface area (Å²) in [6.07, 6.45) is 1.71. The number of rotatable bonds is 4. The van der Waals surface area contributed by atoms with Crippen LogP contribution in [0.25, 0.3) is 0 Å². The Kier molecular flexibility index (Phi) is 7.48. The highest BCUT2D eigenvalue weighted by Crippen LogP contribution is 2.40. The number of nitrogens with zero attached hydrogens (tertiary/aromatic N) is 3. The van der Waals surface area contributed by atoms with E-state index < -0.39 is 17.6 Å². The molecule has 0 N–H and O–H groups in total. The molecule has 0 aliphatic carbocycles. The maximum absolute atomic E-state index is 15.0. The zero-order valence-electron chi connectivity index (χ0n) is 22.7. The van der Waals surface area contributed by atoms with Crippen molar-refractivity contribution in [2.75, 3.05) is 37.7 Å². The van der Waals surface area contributed by atoms with Crippen LogP contribution in [0.1, 0.15) is 52.0 Å². The molecule has 5 nitrogen and oxygen atoms in total. The summed E-state index contributed by atoms with van der Waals surface area (Å²) in [5.74, 6) is -2.24. The fraction of sp³-hybridized carbons (Fsp3) is 0.567. The van der Waals surface area contributed by atoms with Gasteiger partial charge in [0.2, 0.25) is 5.91 Å². The van der Waals surface area contributed by atoms with Crippen molar-refractivity contribution in [3.63, 3.8) is 0 Å². The number of hydrogen-bond donors (Lipinski definition) is 0. The van der Waals surface area contributed by atoms with E-state index in [1.807, 2.05) is 4.90 Å². The highest BCUT2D eigenvalue weighted by Gasteiger charge is 2.46. The van der Waals surface area contributed by atoms with Crippen molar-refractivity contribution in [1.82, 2.24) is 9.80 Å². The zero-order valence-corrected chi connectivity index (χ0v) is 22.7. The molecule has 1 amide bonds. The van der Waals surface area contributed by atoms with Crippen molar-refractivity contribution in [3.8, 4) is 0 Å². The molecule has 5 rings (SSSR count). The monoisotopic (exact) mass is 529 g/mol. The Morgan fingerprint density at radius 2 is 1.58 bits per heavy atom. The third-order valence-electron chi connectivity index (χ3n) is 8.57. The zero-order chi connectivity index (χ0) is 27.2. The molecule has 2 aromatic rings. The number of benzene rings is 2. The fourth-order valence-corrected chi connectivity index (χ4v) is 6.87. The molecule has 0 unspecified atom stereocenters. The minimum Gasteiger partial charge on any atom is -0.375 e. The predicted octanol–water partition coefficient (Wildman–Crippen LogP) is 5.20. The lowest BCUT2D eigenvalue weighted by atomic mass is 9.87. The predicted molar refractivity (Wildman–Crippen MR) is 142 cm³/mol. The SMILES string of the molecule is C[C@@H]1CN(C(=O)[C@@H]2CN([C@@H]3CCOC(C)(C)C3)C[C@H]2c2ccc(F)cc2F)C[C@H](C)N1c1ccc(F)cc1. The first-order valence-corrected chi connectivity index (χ1v) is 13.7. The third kappa shape index (κ3) is 5.43. The molecule has 3 saturated heterocycles. The molecule has 206 valence electrons. The second-order valence-electron chi connectivity index (χ2n) is 11.9. The number of piperazine rings is 1. The van der Waals surface area contributed by atoms with E-state index in [-0.39, 0.29) is 41.4 Å². The number of likely N-dealkylation sites (tertiary alicyclic amines) is 1. The number of ether oxygens (including phenoxy) is 1. The first kappa shape index (κ1) is 27.0. The van der Waals surface area contributed by atoms with Crippen molar-refractivity contribution in [2.24, 2.45) is 5.92 Å². The van der Waals surface area contributed by atoms with Crippen LogP contribution in [0, 0.1) is 23.4 Å². The van der Waals surface area contributed by atoms with Gasteiger partial charge in [0.1, 0.15) is 17.5 Å². The average Bonchev–Trinajstić information content (AvgIpc) is 3.29. The molecule has 5 atom stereocenters. The van der Waals surface area contributed by atoms with Gasteiger partial charge >= 0.3 is 0 Å². The third-order valence-corrected chi connectivity index (χ3v) is 8.57. The Labute approximate surface area is 223 Å². The Balaban J connectivity index is 1.38. The molecule has 3 fully saturated rings. The second kappa shape index (κ2) is 10.5. The summed E-state index contributed by atoms with van der Waals surface area (Å²) in [7, 11) is 0. The minimum atomic E-state index is -0.616. The van der Waals surface area contributed by atoms with E-state index >= 15 is 4.39 Å². The second-order valence-corrected chi connectivity index (χ2v) is 11.9. The normalized spacial score (nSPS) is 30.0. The molecule has 2 aromatic carbocycles. The van der Waals surface area contributed by atoms with E-state index in [1.54, 1.807) is 12.1 Å². The summed E-state index contributed by atoms with van der Waals surface area (Å²) in [4.78, 5) is 20.6. The van der Waals surface area contributed by atoms with Crippen LogP contribution in [0.5, 0.6) is 0 Å². The summed E-state index contributed by atoms with van der Waals surface area (Å²) in [5.41, 5.74) is 1.09. The van der Waals surface area contributed by atoms with Crippen LogP contribution in [0.15, 0.2) is 42.5 Å². The quantitative estimate of drug-likeness (QED) is 0.546. The molecule has 8 heteroatoms. The van der Waals surface area contributed by atoms with Gasteiger partial charge in [-0.05, 0) is 76.4 Å². The standard InChI is InChI=1S/C30H38F3N3O2/c1-19-15-35(16-20(2)36(19)23-8-5-21(31)6-9-23)29(37)27-18-34(24-11-12-38-30(3,4)14-24)17-26(27)25-10-7-22(32)13-28(25)33/h5-10,13,19-20,24,26-27H,11-12,14-18H2,1-4H3/t19-,20+,24-,26+,27-/m1/s1. The van der Waals surface area contributed by atoms with Gasteiger partial charge in [-0.2, -0.15) is 0 Å². The van der Waals surface area contributed by atoms with Crippen molar-refractivity contribution in [3.05, 3.63) is 65.5 Å². The van der Waals surface area contributed by atoms with Gasteiger partial charge < -0.3 is 14.5 Å². The van der Waals surface area contributed by atoms with Crippen LogP contribution >= 0.6 is 0 Å². The van der Waals surface area contributed by atoms with Crippen LogP contribution < -0.4 is 4.90 Å². The number of amides is 1. The highest BCUT2D eigenvalue weighted by molar-refractivity contribution is 5.81. The lowest BCUT2D eigenvalue weighted by molar-refractivity contribution is -0.137. The number of halogens is 3. The summed E-state index contributed by atoms with van der Waals surface area (Å²) >= 11 is 0. The molecule has 38 heavy (non-hydrogen) atoms. The van der Waals surface area contributed by atoms with Crippen LogP contribution in [-0.4, -0.2) is 72.2 Å². The van der Waals surface area contributed by atoms with Gasteiger partial charge in [-0.25, -0.2) is 13.2 Å². The van der Waals surface area contributed by atoms with Crippen LogP contribution in [0.2, 0.25) is 0 Å². The van der Waals surface area contributed by atoms with E-state index in [9.17, 15) is 13.6 Å². The van der Waals surface area contributed by atoms with Gasteiger partial charge in [0.05, 0.1) is 11.5 Å². The Morgan fingerprint density at radius 1 is 0.921 bits per heavy atom. The summed E-state index contributed by atoms with van der Waals surface area (Å²) in [6, 6.07) is 10.5. The van der Waals surface area contributed by atoms with Gasteiger partial charge in [-0.1, -0.05) is 6.07 Å². The van der Waals surface area contributed by atoms with Crippen molar-refractivity contribution in [1.29, 1.82) is 0 Å². The molecule has 0 saturated carbocycles. The lowest BCUT2D eigenvalue weighted by Gasteiger charge is -2.46. The van der Waals surface area contributed by atoms with E-state index in [1.165, 1.54) is 24.3 Å². The van der Waals surface area contributed by atoms with Gasteiger partial charge in [0.25, 0.3) is 0 Å². The Morgan fingerprint density at radius 3 is 2.21 bits per heavy atom. The van der Waals surface area contributed by atoms with Crippen molar-refractivity contribution < 1.29 is 22.7 Å². The van der Waals surface area contributed by atoms with E-state index in [4.69, 9.17) is 4.74 Å². The minimum absolute atomic E-state index is 0.0185. The summed E-state index contributed by atoms with van der Waals surface area (Å²) in [5, 5.41) is 0. The maximum atomic E-state index is 15.0.